The lowest BCUT2D eigenvalue weighted by Crippen LogP contribution is -2.67. The summed E-state index contributed by atoms with van der Waals surface area (Å²) in [7, 11) is -2.49. The van der Waals surface area contributed by atoms with Crippen LogP contribution in [0, 0.1) is 5.92 Å². The predicted molar refractivity (Wildman–Crippen MR) is 107 cm³/mol. The molecule has 0 aliphatic heterocycles. The number of hydrogen-bond acceptors (Lipinski definition) is 2. The van der Waals surface area contributed by atoms with Crippen LogP contribution in [0.2, 0.25) is 5.04 Å². The molecule has 1 aliphatic rings. The van der Waals surface area contributed by atoms with E-state index in [0.29, 0.717) is 6.61 Å². The van der Waals surface area contributed by atoms with Gasteiger partial charge in [-0.1, -0.05) is 93.6 Å². The van der Waals surface area contributed by atoms with Crippen LogP contribution in [0.15, 0.2) is 72.8 Å². The maximum absolute atomic E-state index is 10.2. The topological polar surface area (TPSA) is 29.5 Å². The molecule has 2 aromatic carbocycles. The predicted octanol–water partition coefficient (Wildman–Crippen LogP) is 3.50. The number of rotatable bonds is 5. The maximum atomic E-state index is 10.2. The third-order valence-corrected chi connectivity index (χ3v) is 10.2. The largest absolute Gasteiger partial charge is 0.407 e. The SMILES string of the molecule is CC(C)(C)[Si](OC[C@H]1CC=C[C@@H]1O)(c1ccccc1)c1ccccc1. The molecule has 0 fully saturated rings. The minimum absolute atomic E-state index is 0.0211. The molecule has 2 atom stereocenters. The lowest BCUT2D eigenvalue weighted by molar-refractivity contribution is 0.117. The van der Waals surface area contributed by atoms with E-state index < -0.39 is 14.4 Å². The minimum atomic E-state index is -2.49. The van der Waals surface area contributed by atoms with Crippen LogP contribution in [-0.4, -0.2) is 26.1 Å². The van der Waals surface area contributed by atoms with Gasteiger partial charge in [0.1, 0.15) is 0 Å². The Balaban J connectivity index is 2.05. The molecule has 2 aromatic rings. The lowest BCUT2D eigenvalue weighted by atomic mass is 10.1. The fraction of sp³-hybridized carbons (Fsp3) is 0.364. The second kappa shape index (κ2) is 7.28. The molecule has 0 radical (unpaired) electrons. The number of hydrogen-bond donors (Lipinski definition) is 1. The molecule has 0 aromatic heterocycles. The number of benzene rings is 2. The van der Waals surface area contributed by atoms with E-state index in [4.69, 9.17) is 4.43 Å². The zero-order valence-corrected chi connectivity index (χ0v) is 16.4. The second-order valence-corrected chi connectivity index (χ2v) is 12.2. The monoisotopic (exact) mass is 352 g/mol. The van der Waals surface area contributed by atoms with Gasteiger partial charge >= 0.3 is 0 Å². The van der Waals surface area contributed by atoms with Gasteiger partial charge in [-0.3, -0.25) is 0 Å². The van der Waals surface area contributed by atoms with Crippen LogP contribution >= 0.6 is 0 Å². The third-order valence-electron chi connectivity index (χ3n) is 5.19. The average Bonchev–Trinajstić information content (AvgIpc) is 3.01. The summed E-state index contributed by atoms with van der Waals surface area (Å²) in [5, 5.41) is 12.7. The highest BCUT2D eigenvalue weighted by Gasteiger charge is 2.50. The van der Waals surface area contributed by atoms with Crippen molar-refractivity contribution in [2.24, 2.45) is 5.92 Å². The van der Waals surface area contributed by atoms with Crippen LogP contribution in [0.3, 0.4) is 0 Å². The van der Waals surface area contributed by atoms with Crippen molar-refractivity contribution < 1.29 is 9.53 Å². The molecule has 0 bridgehead atoms. The fourth-order valence-corrected chi connectivity index (χ4v) is 8.47. The number of allylic oxidation sites excluding steroid dienone is 1. The van der Waals surface area contributed by atoms with E-state index in [9.17, 15) is 5.11 Å². The van der Waals surface area contributed by atoms with Crippen LogP contribution in [0.5, 0.6) is 0 Å². The Morgan fingerprint density at radius 3 is 1.88 bits per heavy atom. The molecule has 25 heavy (non-hydrogen) atoms. The van der Waals surface area contributed by atoms with Gasteiger partial charge in [-0.15, -0.1) is 0 Å². The summed E-state index contributed by atoms with van der Waals surface area (Å²) >= 11 is 0. The zero-order valence-electron chi connectivity index (χ0n) is 15.4. The first-order valence-corrected chi connectivity index (χ1v) is 11.0. The molecule has 0 heterocycles. The van der Waals surface area contributed by atoms with Crippen molar-refractivity contribution in [2.75, 3.05) is 6.61 Å². The van der Waals surface area contributed by atoms with Crippen LogP contribution in [-0.2, 0) is 4.43 Å². The van der Waals surface area contributed by atoms with Crippen molar-refractivity contribution >= 4 is 18.7 Å². The van der Waals surface area contributed by atoms with Crippen molar-refractivity contribution in [3.05, 3.63) is 72.8 Å². The van der Waals surface area contributed by atoms with Crippen molar-refractivity contribution in [1.82, 2.24) is 0 Å². The quantitative estimate of drug-likeness (QED) is 0.659. The van der Waals surface area contributed by atoms with Gasteiger partial charge in [0.25, 0.3) is 8.32 Å². The second-order valence-electron chi connectivity index (χ2n) is 7.89. The minimum Gasteiger partial charge on any atom is -0.407 e. The molecule has 2 nitrogen and oxygen atoms in total. The smallest absolute Gasteiger partial charge is 0.261 e. The van der Waals surface area contributed by atoms with Gasteiger partial charge in [0.05, 0.1) is 6.10 Å². The van der Waals surface area contributed by atoms with Crippen LogP contribution in [0.25, 0.3) is 0 Å². The van der Waals surface area contributed by atoms with E-state index >= 15 is 0 Å². The van der Waals surface area contributed by atoms with Crippen LogP contribution in [0.4, 0.5) is 0 Å². The first-order chi connectivity index (χ1) is 11.9. The molecule has 0 amide bonds. The van der Waals surface area contributed by atoms with E-state index in [1.54, 1.807) is 0 Å². The maximum Gasteiger partial charge on any atom is 0.261 e. The Kier molecular flexibility index (Phi) is 5.28. The summed E-state index contributed by atoms with van der Waals surface area (Å²) in [5.74, 6) is 0.154. The van der Waals surface area contributed by atoms with Crippen LogP contribution < -0.4 is 10.4 Å². The highest BCUT2D eigenvalue weighted by atomic mass is 28.4. The Morgan fingerprint density at radius 1 is 0.960 bits per heavy atom. The average molecular weight is 353 g/mol. The molecule has 3 rings (SSSR count). The Morgan fingerprint density at radius 2 is 1.48 bits per heavy atom. The van der Waals surface area contributed by atoms with E-state index in [-0.39, 0.29) is 11.0 Å². The summed E-state index contributed by atoms with van der Waals surface area (Å²) in [6.07, 6.45) is 4.45. The van der Waals surface area contributed by atoms with Gasteiger partial charge < -0.3 is 9.53 Å². The molecule has 0 spiro atoms. The first-order valence-electron chi connectivity index (χ1n) is 9.05. The summed E-state index contributed by atoms with van der Waals surface area (Å²) in [5.41, 5.74) is 0. The van der Waals surface area contributed by atoms with Gasteiger partial charge in [-0.05, 0) is 21.8 Å². The number of aliphatic hydroxyl groups excluding tert-OH is 1. The van der Waals surface area contributed by atoms with E-state index in [2.05, 4.69) is 87.5 Å². The Bertz CT molecular complexity index is 664. The molecule has 0 saturated carbocycles. The van der Waals surface area contributed by atoms with Crippen molar-refractivity contribution in [3.8, 4) is 0 Å². The normalized spacial score (nSPS) is 20.8. The van der Waals surface area contributed by atoms with Gasteiger partial charge in [0, 0.05) is 12.5 Å². The molecular formula is C22H28O2Si. The number of aliphatic hydroxyl groups is 1. The molecule has 0 unspecified atom stereocenters. The summed E-state index contributed by atoms with van der Waals surface area (Å²) in [6.45, 7) is 7.43. The third kappa shape index (κ3) is 3.50. The van der Waals surface area contributed by atoms with E-state index in [0.717, 1.165) is 6.42 Å². The fourth-order valence-electron chi connectivity index (χ4n) is 3.85. The van der Waals surface area contributed by atoms with Gasteiger partial charge in [0.2, 0.25) is 0 Å². The molecule has 0 saturated heterocycles. The Labute approximate surface area is 152 Å². The zero-order chi connectivity index (χ0) is 17.9. The molecule has 1 aliphatic carbocycles. The summed E-state index contributed by atoms with van der Waals surface area (Å²) in [4.78, 5) is 0. The van der Waals surface area contributed by atoms with Crippen LogP contribution in [0.1, 0.15) is 27.2 Å². The van der Waals surface area contributed by atoms with Gasteiger partial charge in [-0.25, -0.2) is 0 Å². The van der Waals surface area contributed by atoms with E-state index in [1.165, 1.54) is 10.4 Å². The van der Waals surface area contributed by atoms with Crippen molar-refractivity contribution in [3.63, 3.8) is 0 Å². The summed E-state index contributed by atoms with van der Waals surface area (Å²) < 4.78 is 6.86. The molecule has 3 heteroatoms. The van der Waals surface area contributed by atoms with Gasteiger partial charge in [-0.2, -0.15) is 0 Å². The van der Waals surface area contributed by atoms with Crippen molar-refractivity contribution in [1.29, 1.82) is 0 Å². The van der Waals surface area contributed by atoms with E-state index in [1.807, 2.05) is 6.08 Å². The standard InChI is InChI=1S/C22H28O2Si/c1-22(2,3)25(19-12-6-4-7-13-19,20-14-8-5-9-15-20)24-17-18-11-10-16-21(18)23/h4-10,12-16,18,21,23H,11,17H2,1-3H3/t18-,21+/m1/s1. The summed E-state index contributed by atoms with van der Waals surface area (Å²) in [6, 6.07) is 21.3. The van der Waals surface area contributed by atoms with Gasteiger partial charge in [0.15, 0.2) is 0 Å². The molecule has 132 valence electrons. The molecule has 1 N–H and O–H groups in total. The lowest BCUT2D eigenvalue weighted by Gasteiger charge is -2.43. The first kappa shape index (κ1) is 18.1. The van der Waals surface area contributed by atoms with Crippen molar-refractivity contribution in [2.45, 2.75) is 38.3 Å². The highest BCUT2D eigenvalue weighted by molar-refractivity contribution is 6.99. The molecular weight excluding hydrogens is 324 g/mol. The highest BCUT2D eigenvalue weighted by Crippen LogP contribution is 2.37. The Hall–Kier alpha value is -1.68.